The molecule has 0 saturated heterocycles. The van der Waals surface area contributed by atoms with E-state index >= 15 is 0 Å². The molecule has 2 rings (SSSR count). The van der Waals surface area contributed by atoms with Crippen LogP contribution in [0.25, 0.3) is 0 Å². The fraction of sp³-hybridized carbons (Fsp3) is 0.143. The minimum atomic E-state index is -0.617. The van der Waals surface area contributed by atoms with E-state index in [0.29, 0.717) is 10.2 Å². The van der Waals surface area contributed by atoms with Gasteiger partial charge in [0.15, 0.2) is 6.61 Å². The molecular formula is C14H12BrFN2O3. The van der Waals surface area contributed by atoms with E-state index in [-0.39, 0.29) is 5.69 Å². The van der Waals surface area contributed by atoms with Crippen LogP contribution in [0.2, 0.25) is 0 Å². The van der Waals surface area contributed by atoms with Crippen molar-refractivity contribution in [2.45, 2.75) is 0 Å². The molecule has 1 aromatic heterocycles. The van der Waals surface area contributed by atoms with E-state index < -0.39 is 24.3 Å². The lowest BCUT2D eigenvalue weighted by Crippen LogP contribution is -2.22. The first kappa shape index (κ1) is 15.2. The van der Waals surface area contributed by atoms with Crippen LogP contribution in [0.15, 0.2) is 41.0 Å². The molecule has 0 radical (unpaired) electrons. The van der Waals surface area contributed by atoms with Crippen molar-refractivity contribution in [1.82, 2.24) is 4.57 Å². The van der Waals surface area contributed by atoms with Gasteiger partial charge in [0, 0.05) is 17.7 Å². The van der Waals surface area contributed by atoms with E-state index in [1.165, 1.54) is 12.1 Å². The Balaban J connectivity index is 1.90. The molecule has 0 spiro atoms. The van der Waals surface area contributed by atoms with Crippen molar-refractivity contribution in [3.63, 3.8) is 0 Å². The second-order valence-corrected chi connectivity index (χ2v) is 5.17. The van der Waals surface area contributed by atoms with Gasteiger partial charge >= 0.3 is 5.97 Å². The normalized spacial score (nSPS) is 10.2. The summed E-state index contributed by atoms with van der Waals surface area (Å²) in [5.41, 5.74) is 0.357. The van der Waals surface area contributed by atoms with Gasteiger partial charge in [0.25, 0.3) is 5.91 Å². The molecule has 0 aliphatic rings. The largest absolute Gasteiger partial charge is 0.451 e. The summed E-state index contributed by atoms with van der Waals surface area (Å²) in [5.74, 6) is -1.81. The maximum atomic E-state index is 13.5. The number of anilines is 1. The van der Waals surface area contributed by atoms with Gasteiger partial charge < -0.3 is 14.6 Å². The number of halogens is 2. The molecule has 1 amide bonds. The van der Waals surface area contributed by atoms with E-state index in [2.05, 4.69) is 21.2 Å². The van der Waals surface area contributed by atoms with Crippen LogP contribution in [0.3, 0.4) is 0 Å². The summed E-state index contributed by atoms with van der Waals surface area (Å²) in [7, 11) is 1.69. The lowest BCUT2D eigenvalue weighted by molar-refractivity contribution is -0.119. The number of hydrogen-bond donors (Lipinski definition) is 1. The Morgan fingerprint density at radius 2 is 2.14 bits per heavy atom. The second kappa shape index (κ2) is 6.53. The van der Waals surface area contributed by atoms with Crippen molar-refractivity contribution in [3.8, 4) is 0 Å². The van der Waals surface area contributed by atoms with Crippen LogP contribution in [0.4, 0.5) is 10.1 Å². The minimum Gasteiger partial charge on any atom is -0.451 e. The van der Waals surface area contributed by atoms with Crippen molar-refractivity contribution in [2.24, 2.45) is 7.05 Å². The Hall–Kier alpha value is -2.15. The predicted molar refractivity (Wildman–Crippen MR) is 78.4 cm³/mol. The van der Waals surface area contributed by atoms with Gasteiger partial charge in [0.1, 0.15) is 11.5 Å². The van der Waals surface area contributed by atoms with Gasteiger partial charge in [-0.3, -0.25) is 4.79 Å². The molecule has 7 heteroatoms. The average Bonchev–Trinajstić information content (AvgIpc) is 2.85. The van der Waals surface area contributed by atoms with Crippen molar-refractivity contribution < 1.29 is 18.7 Å². The monoisotopic (exact) mass is 354 g/mol. The average molecular weight is 355 g/mol. The van der Waals surface area contributed by atoms with Gasteiger partial charge in [0.2, 0.25) is 0 Å². The number of carbonyl (C=O) groups is 2. The number of esters is 1. The number of amides is 1. The molecule has 0 aliphatic heterocycles. The number of ether oxygens (including phenoxy) is 1. The molecule has 0 aliphatic carbocycles. The molecule has 21 heavy (non-hydrogen) atoms. The molecule has 0 bridgehead atoms. The first-order valence-electron chi connectivity index (χ1n) is 6.00. The van der Waals surface area contributed by atoms with Gasteiger partial charge in [-0.2, -0.15) is 0 Å². The van der Waals surface area contributed by atoms with Gasteiger partial charge in [-0.05, 0) is 30.3 Å². The smallest absolute Gasteiger partial charge is 0.355 e. The number of benzene rings is 1. The highest BCUT2D eigenvalue weighted by Crippen LogP contribution is 2.19. The maximum Gasteiger partial charge on any atom is 0.355 e. The van der Waals surface area contributed by atoms with Gasteiger partial charge in [0.05, 0.1) is 5.69 Å². The van der Waals surface area contributed by atoms with Crippen molar-refractivity contribution in [3.05, 3.63) is 52.5 Å². The van der Waals surface area contributed by atoms with Crippen LogP contribution in [-0.2, 0) is 16.6 Å². The minimum absolute atomic E-state index is 0.0260. The van der Waals surface area contributed by atoms with E-state index in [1.807, 2.05) is 0 Å². The zero-order chi connectivity index (χ0) is 15.4. The standard InChI is InChI=1S/C14H12BrFN2O3/c1-18-6-2-3-12(18)14(20)21-8-13(19)17-11-5-4-9(15)7-10(11)16/h2-7H,8H2,1H3,(H,17,19). The van der Waals surface area contributed by atoms with Crippen molar-refractivity contribution in [2.75, 3.05) is 11.9 Å². The quantitative estimate of drug-likeness (QED) is 0.858. The molecular weight excluding hydrogens is 343 g/mol. The summed E-state index contributed by atoms with van der Waals surface area (Å²) < 4.78 is 20.5. The molecule has 1 aromatic carbocycles. The third-order valence-electron chi connectivity index (χ3n) is 2.69. The number of rotatable bonds is 4. The SMILES string of the molecule is Cn1cccc1C(=O)OCC(=O)Nc1ccc(Br)cc1F. The molecule has 0 fully saturated rings. The van der Waals surface area contributed by atoms with Gasteiger partial charge in [-0.15, -0.1) is 0 Å². The van der Waals surface area contributed by atoms with Crippen LogP contribution in [-0.4, -0.2) is 23.1 Å². The Morgan fingerprint density at radius 1 is 1.38 bits per heavy atom. The zero-order valence-corrected chi connectivity index (χ0v) is 12.7. The van der Waals surface area contributed by atoms with E-state index in [9.17, 15) is 14.0 Å². The number of hydrogen-bond acceptors (Lipinski definition) is 3. The highest BCUT2D eigenvalue weighted by molar-refractivity contribution is 9.10. The van der Waals surface area contributed by atoms with Crippen LogP contribution >= 0.6 is 15.9 Å². The number of aromatic nitrogens is 1. The van der Waals surface area contributed by atoms with E-state index in [1.54, 1.807) is 36.0 Å². The Bertz CT molecular complexity index is 685. The number of aryl methyl sites for hydroxylation is 1. The Kier molecular flexibility index (Phi) is 4.74. The van der Waals surface area contributed by atoms with E-state index in [0.717, 1.165) is 0 Å². The fourth-order valence-corrected chi connectivity index (χ4v) is 1.99. The van der Waals surface area contributed by atoms with Crippen molar-refractivity contribution >= 4 is 33.5 Å². The van der Waals surface area contributed by atoms with Gasteiger partial charge in [-0.25, -0.2) is 9.18 Å². The topological polar surface area (TPSA) is 60.3 Å². The molecule has 0 atom stereocenters. The molecule has 110 valence electrons. The Labute approximate surface area is 128 Å². The first-order chi connectivity index (χ1) is 9.97. The van der Waals surface area contributed by atoms with Crippen LogP contribution in [0.1, 0.15) is 10.5 Å². The molecule has 0 saturated carbocycles. The second-order valence-electron chi connectivity index (χ2n) is 4.25. The number of nitrogens with one attached hydrogen (secondary N) is 1. The maximum absolute atomic E-state index is 13.5. The molecule has 2 aromatic rings. The zero-order valence-electron chi connectivity index (χ0n) is 11.1. The lowest BCUT2D eigenvalue weighted by atomic mass is 10.3. The molecule has 0 unspecified atom stereocenters. The summed E-state index contributed by atoms with van der Waals surface area (Å²) in [6, 6.07) is 7.50. The highest BCUT2D eigenvalue weighted by atomic mass is 79.9. The van der Waals surface area contributed by atoms with Crippen LogP contribution in [0, 0.1) is 5.82 Å². The molecule has 1 heterocycles. The summed E-state index contributed by atoms with van der Waals surface area (Å²) in [4.78, 5) is 23.3. The lowest BCUT2D eigenvalue weighted by Gasteiger charge is -2.08. The van der Waals surface area contributed by atoms with Gasteiger partial charge in [-0.1, -0.05) is 15.9 Å². The van der Waals surface area contributed by atoms with E-state index in [4.69, 9.17) is 4.74 Å². The molecule has 1 N–H and O–H groups in total. The summed E-state index contributed by atoms with van der Waals surface area (Å²) >= 11 is 3.12. The van der Waals surface area contributed by atoms with Crippen LogP contribution < -0.4 is 5.32 Å². The third-order valence-corrected chi connectivity index (χ3v) is 3.19. The Morgan fingerprint density at radius 3 is 2.76 bits per heavy atom. The first-order valence-corrected chi connectivity index (χ1v) is 6.80. The van der Waals surface area contributed by atoms with Crippen LogP contribution in [0.5, 0.6) is 0 Å². The number of carbonyl (C=O) groups excluding carboxylic acids is 2. The predicted octanol–water partition coefficient (Wildman–Crippen LogP) is 2.72. The number of nitrogens with zero attached hydrogens (tertiary/aromatic N) is 1. The summed E-state index contributed by atoms with van der Waals surface area (Å²) in [5, 5.41) is 2.33. The molecule has 5 nitrogen and oxygen atoms in total. The summed E-state index contributed by atoms with van der Waals surface area (Å²) in [6.45, 7) is -0.487. The summed E-state index contributed by atoms with van der Waals surface area (Å²) in [6.07, 6.45) is 1.69. The van der Waals surface area contributed by atoms with Crippen molar-refractivity contribution in [1.29, 1.82) is 0 Å². The highest BCUT2D eigenvalue weighted by Gasteiger charge is 2.13. The third kappa shape index (κ3) is 3.91. The fourth-order valence-electron chi connectivity index (χ4n) is 1.66.